The van der Waals surface area contributed by atoms with Crippen LogP contribution in [0.2, 0.25) is 0 Å². The van der Waals surface area contributed by atoms with E-state index in [0.717, 1.165) is 12.1 Å². The summed E-state index contributed by atoms with van der Waals surface area (Å²) in [6.07, 6.45) is -4.76. The van der Waals surface area contributed by atoms with E-state index in [9.17, 15) is 22.8 Å². The Balaban J connectivity index is 2.70. The average Bonchev–Trinajstić information content (AvgIpc) is 2.50. The highest BCUT2D eigenvalue weighted by Crippen LogP contribution is 2.36. The predicted octanol–water partition coefficient (Wildman–Crippen LogP) is 3.09. The van der Waals surface area contributed by atoms with Crippen LogP contribution in [0.15, 0.2) is 24.3 Å². The first-order valence-electron chi connectivity index (χ1n) is 7.50. The molecule has 24 heavy (non-hydrogen) atoms. The Labute approximate surface area is 137 Å². The zero-order valence-corrected chi connectivity index (χ0v) is 13.4. The van der Waals surface area contributed by atoms with E-state index < -0.39 is 41.4 Å². The molecule has 5 nitrogen and oxygen atoms in total. The Morgan fingerprint density at radius 2 is 1.92 bits per heavy atom. The fraction of sp³-hybridized carbons (Fsp3) is 0.500. The number of hydrogen-bond donors (Lipinski definition) is 2. The van der Waals surface area contributed by atoms with Crippen LogP contribution < -0.4 is 10.1 Å². The minimum Gasteiger partial charge on any atom is -0.481 e. The quantitative estimate of drug-likeness (QED) is 0.758. The first-order chi connectivity index (χ1) is 11.2. The highest BCUT2D eigenvalue weighted by molar-refractivity contribution is 5.81. The molecular formula is C16H20F3NO4. The number of halogens is 3. The summed E-state index contributed by atoms with van der Waals surface area (Å²) in [5.74, 6) is -2.90. The van der Waals surface area contributed by atoms with E-state index >= 15 is 0 Å². The van der Waals surface area contributed by atoms with Crippen LogP contribution in [0.5, 0.6) is 5.75 Å². The van der Waals surface area contributed by atoms with Gasteiger partial charge in [0.1, 0.15) is 5.75 Å². The van der Waals surface area contributed by atoms with Crippen LogP contribution in [0.3, 0.4) is 0 Å². The van der Waals surface area contributed by atoms with Crippen LogP contribution in [-0.2, 0) is 15.8 Å². The monoisotopic (exact) mass is 347 g/mol. The Bertz CT molecular complexity index is 575. The smallest absolute Gasteiger partial charge is 0.419 e. The normalized spacial score (nSPS) is 13.9. The van der Waals surface area contributed by atoms with Crippen LogP contribution in [0, 0.1) is 5.92 Å². The van der Waals surface area contributed by atoms with E-state index in [1.807, 2.05) is 6.92 Å². The van der Waals surface area contributed by atoms with E-state index in [2.05, 4.69) is 5.32 Å². The maximum absolute atomic E-state index is 12.9. The Morgan fingerprint density at radius 1 is 1.29 bits per heavy atom. The lowest BCUT2D eigenvalue weighted by Gasteiger charge is -2.19. The zero-order chi connectivity index (χ0) is 18.3. The van der Waals surface area contributed by atoms with Gasteiger partial charge in [0.05, 0.1) is 11.5 Å². The predicted molar refractivity (Wildman–Crippen MR) is 80.6 cm³/mol. The standard InChI is InChI=1S/C16H20F3NO4/c1-3-6-11(15(22)23)9-20-14(21)10(2)24-13-8-5-4-7-12(13)16(17,18)19/h4-5,7-8,10-11H,3,6,9H2,1-2H3,(H,20,21)(H,22,23). The second-order valence-corrected chi connectivity index (χ2v) is 5.32. The fourth-order valence-electron chi connectivity index (χ4n) is 2.08. The molecule has 1 rings (SSSR count). The van der Waals surface area contributed by atoms with Crippen molar-refractivity contribution in [1.29, 1.82) is 0 Å². The molecule has 134 valence electrons. The molecule has 0 radical (unpaired) electrons. The van der Waals surface area contributed by atoms with Gasteiger partial charge in [-0.1, -0.05) is 25.5 Å². The summed E-state index contributed by atoms with van der Waals surface area (Å²) < 4.78 is 43.8. The van der Waals surface area contributed by atoms with Gasteiger partial charge in [0.15, 0.2) is 6.10 Å². The second kappa shape index (κ2) is 8.56. The van der Waals surface area contributed by atoms with Gasteiger partial charge in [-0.05, 0) is 25.5 Å². The van der Waals surface area contributed by atoms with Gasteiger partial charge in [0.25, 0.3) is 5.91 Å². The van der Waals surface area contributed by atoms with Crippen molar-refractivity contribution in [1.82, 2.24) is 5.32 Å². The number of hydrogen-bond acceptors (Lipinski definition) is 3. The molecule has 2 unspecified atom stereocenters. The van der Waals surface area contributed by atoms with Crippen molar-refractivity contribution < 1.29 is 32.6 Å². The third-order valence-electron chi connectivity index (χ3n) is 3.37. The molecule has 0 aliphatic heterocycles. The lowest BCUT2D eigenvalue weighted by atomic mass is 10.0. The van der Waals surface area contributed by atoms with Crippen LogP contribution in [0.1, 0.15) is 32.3 Å². The highest BCUT2D eigenvalue weighted by Gasteiger charge is 2.34. The fourth-order valence-corrected chi connectivity index (χ4v) is 2.08. The number of carboxylic acid groups (broad SMARTS) is 1. The Hall–Kier alpha value is -2.25. The number of para-hydroxylation sites is 1. The number of alkyl halides is 3. The van der Waals surface area contributed by atoms with Gasteiger partial charge in [-0.15, -0.1) is 0 Å². The Kier molecular flexibility index (Phi) is 7.06. The molecule has 0 aliphatic carbocycles. The molecule has 0 heterocycles. The van der Waals surface area contributed by atoms with Crippen LogP contribution in [-0.4, -0.2) is 29.6 Å². The van der Waals surface area contributed by atoms with Crippen molar-refractivity contribution in [2.45, 2.75) is 39.0 Å². The average molecular weight is 347 g/mol. The van der Waals surface area contributed by atoms with Crippen molar-refractivity contribution in [3.63, 3.8) is 0 Å². The minimum atomic E-state index is -4.59. The van der Waals surface area contributed by atoms with Crippen LogP contribution >= 0.6 is 0 Å². The number of aliphatic carboxylic acids is 1. The molecule has 1 amide bonds. The number of carbonyl (C=O) groups excluding carboxylic acids is 1. The van der Waals surface area contributed by atoms with Crippen molar-refractivity contribution in [3.8, 4) is 5.75 Å². The van der Waals surface area contributed by atoms with E-state index in [0.29, 0.717) is 12.8 Å². The molecule has 0 spiro atoms. The number of benzene rings is 1. The number of carboxylic acids is 1. The molecule has 0 fully saturated rings. The number of nitrogens with one attached hydrogen (secondary N) is 1. The van der Waals surface area contributed by atoms with Gasteiger partial charge >= 0.3 is 12.1 Å². The summed E-state index contributed by atoms with van der Waals surface area (Å²) in [5, 5.41) is 11.4. The summed E-state index contributed by atoms with van der Waals surface area (Å²) in [5.41, 5.74) is -0.973. The minimum absolute atomic E-state index is 0.101. The topological polar surface area (TPSA) is 75.6 Å². The lowest BCUT2D eigenvalue weighted by Crippen LogP contribution is -2.40. The molecule has 0 aromatic heterocycles. The largest absolute Gasteiger partial charge is 0.481 e. The van der Waals surface area contributed by atoms with E-state index in [1.165, 1.54) is 19.1 Å². The van der Waals surface area contributed by atoms with Gasteiger partial charge in [-0.3, -0.25) is 9.59 Å². The lowest BCUT2D eigenvalue weighted by molar-refractivity contribution is -0.143. The van der Waals surface area contributed by atoms with E-state index in [4.69, 9.17) is 9.84 Å². The molecule has 0 saturated heterocycles. The van der Waals surface area contributed by atoms with Crippen molar-refractivity contribution in [3.05, 3.63) is 29.8 Å². The third-order valence-corrected chi connectivity index (χ3v) is 3.37. The molecule has 2 atom stereocenters. The molecule has 0 bridgehead atoms. The van der Waals surface area contributed by atoms with Crippen LogP contribution in [0.25, 0.3) is 0 Å². The number of amides is 1. The summed E-state index contributed by atoms with van der Waals surface area (Å²) >= 11 is 0. The molecule has 2 N–H and O–H groups in total. The first kappa shape index (κ1) is 19.8. The van der Waals surface area contributed by atoms with Gasteiger partial charge in [-0.2, -0.15) is 13.2 Å². The van der Waals surface area contributed by atoms with Gasteiger partial charge in [-0.25, -0.2) is 0 Å². The van der Waals surface area contributed by atoms with Crippen molar-refractivity contribution in [2.24, 2.45) is 5.92 Å². The van der Waals surface area contributed by atoms with Crippen molar-refractivity contribution in [2.75, 3.05) is 6.54 Å². The van der Waals surface area contributed by atoms with E-state index in [-0.39, 0.29) is 6.54 Å². The number of carbonyl (C=O) groups is 2. The molecule has 8 heteroatoms. The van der Waals surface area contributed by atoms with Crippen LogP contribution in [0.4, 0.5) is 13.2 Å². The zero-order valence-electron chi connectivity index (χ0n) is 13.4. The Morgan fingerprint density at radius 3 is 2.46 bits per heavy atom. The molecule has 0 aliphatic rings. The summed E-state index contributed by atoms with van der Waals surface area (Å²) in [4.78, 5) is 22.9. The molecule has 0 saturated carbocycles. The summed E-state index contributed by atoms with van der Waals surface area (Å²) in [6.45, 7) is 3.02. The molecular weight excluding hydrogens is 327 g/mol. The van der Waals surface area contributed by atoms with Gasteiger partial charge in [0, 0.05) is 6.54 Å². The second-order valence-electron chi connectivity index (χ2n) is 5.32. The van der Waals surface area contributed by atoms with Gasteiger partial charge < -0.3 is 15.2 Å². The maximum atomic E-state index is 12.9. The number of ether oxygens (including phenoxy) is 1. The SMILES string of the molecule is CCCC(CNC(=O)C(C)Oc1ccccc1C(F)(F)F)C(=O)O. The third kappa shape index (κ3) is 5.75. The summed E-state index contributed by atoms with van der Waals surface area (Å²) in [7, 11) is 0. The molecule has 1 aromatic carbocycles. The van der Waals surface area contributed by atoms with E-state index in [1.54, 1.807) is 0 Å². The summed E-state index contributed by atoms with van der Waals surface area (Å²) in [6, 6.07) is 4.59. The molecule has 1 aromatic rings. The highest BCUT2D eigenvalue weighted by atomic mass is 19.4. The van der Waals surface area contributed by atoms with Gasteiger partial charge in [0.2, 0.25) is 0 Å². The first-order valence-corrected chi connectivity index (χ1v) is 7.50. The van der Waals surface area contributed by atoms with Crippen molar-refractivity contribution >= 4 is 11.9 Å². The maximum Gasteiger partial charge on any atom is 0.419 e. The number of rotatable bonds is 8.